The molecule has 1 amide bonds. The Morgan fingerprint density at radius 2 is 1.79 bits per heavy atom. The van der Waals surface area contributed by atoms with E-state index >= 15 is 0 Å². The summed E-state index contributed by atoms with van der Waals surface area (Å²) in [5.74, 6) is 2.75. The number of likely N-dealkylation sites (tertiary alicyclic amines) is 1. The summed E-state index contributed by atoms with van der Waals surface area (Å²) in [6, 6.07) is 3.36. The Kier molecular flexibility index (Phi) is 6.02. The number of esters is 1. The number of nitrogens with zero attached hydrogens (tertiary/aromatic N) is 2. The number of benzene rings is 2. The summed E-state index contributed by atoms with van der Waals surface area (Å²) in [6.07, 6.45) is 0.970. The fourth-order valence-corrected chi connectivity index (χ4v) is 6.38. The van der Waals surface area contributed by atoms with Crippen LogP contribution in [-0.2, 0) is 22.4 Å². The summed E-state index contributed by atoms with van der Waals surface area (Å²) in [5.41, 5.74) is 4.31. The lowest BCUT2D eigenvalue weighted by atomic mass is 9.80. The van der Waals surface area contributed by atoms with Gasteiger partial charge in [0.1, 0.15) is 11.7 Å². The van der Waals surface area contributed by atoms with E-state index in [0.717, 1.165) is 60.5 Å². The largest absolute Gasteiger partial charge is 0.493 e. The number of hydrogen-bond acceptors (Lipinski definition) is 9. The van der Waals surface area contributed by atoms with Crippen molar-refractivity contribution in [1.29, 1.82) is 0 Å². The molecule has 1 saturated heterocycles. The molecular formula is C28H32N2O8. The maximum Gasteiger partial charge on any atom is 0.343 e. The number of fused-ring (bicyclic) bond motifs is 3. The number of cyclic esters (lactones) is 1. The third kappa shape index (κ3) is 3.57. The lowest BCUT2D eigenvalue weighted by molar-refractivity contribution is -0.134. The van der Waals surface area contributed by atoms with Crippen LogP contribution in [0, 0.1) is 5.92 Å². The first-order chi connectivity index (χ1) is 18.4. The van der Waals surface area contributed by atoms with E-state index in [1.54, 1.807) is 27.2 Å². The minimum Gasteiger partial charge on any atom is -0.493 e. The number of amides is 1. The van der Waals surface area contributed by atoms with E-state index in [1.807, 2.05) is 18.0 Å². The van der Waals surface area contributed by atoms with Gasteiger partial charge in [-0.05, 0) is 37.4 Å². The Hall–Kier alpha value is -3.66. The lowest BCUT2D eigenvalue weighted by Gasteiger charge is -2.41. The number of carbonyl (C=O) groups is 2. The van der Waals surface area contributed by atoms with Gasteiger partial charge in [-0.15, -0.1) is 0 Å². The summed E-state index contributed by atoms with van der Waals surface area (Å²) in [7, 11) is 6.72. The predicted octanol–water partition coefficient (Wildman–Crippen LogP) is 2.90. The Morgan fingerprint density at radius 3 is 2.47 bits per heavy atom. The molecule has 0 radical (unpaired) electrons. The standard InChI is InChI=1S/C28H32N2O8/c1-14(31)30-11-15(12-30)10-18-16-8-9-29(2)22(20(16)26(35-5)27-24(18)36-13-37-27)23-17-6-7-19(33-3)25(34-4)21(17)28(32)38-23/h6-7,15,22-23H,8-13H2,1-5H3/t22-,23+/m1/s1. The molecule has 6 rings (SSSR count). The van der Waals surface area contributed by atoms with E-state index in [4.69, 9.17) is 28.4 Å². The zero-order valence-electron chi connectivity index (χ0n) is 22.3. The number of carbonyl (C=O) groups excluding carboxylic acids is 2. The molecule has 0 bridgehead atoms. The van der Waals surface area contributed by atoms with Gasteiger partial charge in [0, 0.05) is 43.2 Å². The van der Waals surface area contributed by atoms with Gasteiger partial charge in [0.05, 0.1) is 27.4 Å². The van der Waals surface area contributed by atoms with Crippen LogP contribution in [0.3, 0.4) is 0 Å². The van der Waals surface area contributed by atoms with Gasteiger partial charge in [-0.2, -0.15) is 0 Å². The second-order valence-corrected chi connectivity index (χ2v) is 10.2. The van der Waals surface area contributed by atoms with Crippen LogP contribution in [0.25, 0.3) is 0 Å². The molecule has 4 aliphatic rings. The summed E-state index contributed by atoms with van der Waals surface area (Å²) in [6.45, 7) is 3.93. The molecule has 2 atom stereocenters. The second kappa shape index (κ2) is 9.27. The number of ether oxygens (including phenoxy) is 6. The smallest absolute Gasteiger partial charge is 0.343 e. The fraction of sp³-hybridized carbons (Fsp3) is 0.500. The SMILES string of the molecule is COc1ccc2c(c1OC)C(=O)O[C@@H]2[C@H]1c2c(c(CC3CN(C(C)=O)C3)c3c(c2OC)OCO3)CCN1C. The van der Waals surface area contributed by atoms with Crippen LogP contribution < -0.4 is 23.7 Å². The molecule has 0 N–H and O–H groups in total. The Bertz CT molecular complexity index is 1320. The van der Waals surface area contributed by atoms with Gasteiger partial charge in [-0.25, -0.2) is 4.79 Å². The molecule has 38 heavy (non-hydrogen) atoms. The molecule has 0 aromatic heterocycles. The van der Waals surface area contributed by atoms with Crippen LogP contribution in [-0.4, -0.2) is 76.5 Å². The third-order valence-corrected chi connectivity index (χ3v) is 8.22. The zero-order chi connectivity index (χ0) is 26.7. The molecule has 0 spiro atoms. The maximum absolute atomic E-state index is 13.2. The highest BCUT2D eigenvalue weighted by Crippen LogP contribution is 2.57. The fourth-order valence-electron chi connectivity index (χ4n) is 6.38. The second-order valence-electron chi connectivity index (χ2n) is 10.2. The topological polar surface area (TPSA) is 96.0 Å². The quantitative estimate of drug-likeness (QED) is 0.529. The van der Waals surface area contributed by atoms with Crippen molar-refractivity contribution in [3.05, 3.63) is 39.9 Å². The van der Waals surface area contributed by atoms with Crippen molar-refractivity contribution in [2.75, 3.05) is 54.8 Å². The Balaban J connectivity index is 1.48. The summed E-state index contributed by atoms with van der Waals surface area (Å²) < 4.78 is 35.0. The first-order valence-corrected chi connectivity index (χ1v) is 12.8. The van der Waals surface area contributed by atoms with Gasteiger partial charge in [-0.1, -0.05) is 6.07 Å². The maximum atomic E-state index is 13.2. The van der Waals surface area contributed by atoms with E-state index < -0.39 is 12.1 Å². The summed E-state index contributed by atoms with van der Waals surface area (Å²) in [4.78, 5) is 29.0. The first-order valence-electron chi connectivity index (χ1n) is 12.8. The molecule has 0 saturated carbocycles. The highest BCUT2D eigenvalue weighted by atomic mass is 16.7. The summed E-state index contributed by atoms with van der Waals surface area (Å²) in [5, 5.41) is 0. The molecule has 4 heterocycles. The molecule has 0 unspecified atom stereocenters. The number of likely N-dealkylation sites (N-methyl/N-ethyl adjacent to an activating group) is 1. The van der Waals surface area contributed by atoms with Crippen LogP contribution >= 0.6 is 0 Å². The van der Waals surface area contributed by atoms with Crippen LogP contribution in [0.15, 0.2) is 12.1 Å². The van der Waals surface area contributed by atoms with E-state index in [0.29, 0.717) is 34.5 Å². The average Bonchev–Trinajstić information content (AvgIpc) is 3.49. The number of methoxy groups -OCH3 is 3. The zero-order valence-corrected chi connectivity index (χ0v) is 22.3. The number of rotatable bonds is 6. The molecule has 2 aromatic carbocycles. The van der Waals surface area contributed by atoms with Crippen molar-refractivity contribution in [2.45, 2.75) is 31.9 Å². The first kappa shape index (κ1) is 24.7. The van der Waals surface area contributed by atoms with E-state index in [1.165, 1.54) is 7.11 Å². The van der Waals surface area contributed by atoms with Crippen LogP contribution in [0.2, 0.25) is 0 Å². The lowest BCUT2D eigenvalue weighted by Crippen LogP contribution is -2.50. The van der Waals surface area contributed by atoms with Crippen molar-refractivity contribution in [3.63, 3.8) is 0 Å². The minimum atomic E-state index is -0.583. The van der Waals surface area contributed by atoms with Crippen LogP contribution in [0.5, 0.6) is 28.7 Å². The molecule has 202 valence electrons. The summed E-state index contributed by atoms with van der Waals surface area (Å²) >= 11 is 0. The van der Waals surface area contributed by atoms with E-state index in [2.05, 4.69) is 4.90 Å². The van der Waals surface area contributed by atoms with Gasteiger partial charge in [0.25, 0.3) is 0 Å². The van der Waals surface area contributed by atoms with Gasteiger partial charge in [0.2, 0.25) is 18.4 Å². The van der Waals surface area contributed by atoms with Crippen molar-refractivity contribution in [1.82, 2.24) is 9.80 Å². The van der Waals surface area contributed by atoms with E-state index in [9.17, 15) is 9.59 Å². The molecular weight excluding hydrogens is 492 g/mol. The Labute approximate surface area is 221 Å². The number of hydrogen-bond donors (Lipinski definition) is 0. The average molecular weight is 525 g/mol. The monoisotopic (exact) mass is 524 g/mol. The van der Waals surface area contributed by atoms with E-state index in [-0.39, 0.29) is 18.7 Å². The van der Waals surface area contributed by atoms with Crippen LogP contribution in [0.4, 0.5) is 0 Å². The van der Waals surface area contributed by atoms with Gasteiger partial charge < -0.3 is 33.3 Å². The van der Waals surface area contributed by atoms with Crippen molar-refractivity contribution in [3.8, 4) is 28.7 Å². The third-order valence-electron chi connectivity index (χ3n) is 8.22. The van der Waals surface area contributed by atoms with Crippen LogP contribution in [0.1, 0.15) is 51.7 Å². The van der Waals surface area contributed by atoms with Gasteiger partial charge in [0.15, 0.2) is 23.0 Å². The predicted molar refractivity (Wildman–Crippen MR) is 135 cm³/mol. The highest BCUT2D eigenvalue weighted by molar-refractivity contribution is 5.98. The van der Waals surface area contributed by atoms with Crippen molar-refractivity contribution < 1.29 is 38.0 Å². The van der Waals surface area contributed by atoms with Crippen molar-refractivity contribution in [2.24, 2.45) is 5.92 Å². The van der Waals surface area contributed by atoms with Gasteiger partial charge in [-0.3, -0.25) is 9.69 Å². The molecule has 10 heteroatoms. The molecule has 1 fully saturated rings. The highest BCUT2D eigenvalue weighted by Gasteiger charge is 2.47. The minimum absolute atomic E-state index is 0.0956. The normalized spacial score (nSPS) is 21.9. The molecule has 2 aromatic rings. The van der Waals surface area contributed by atoms with Crippen molar-refractivity contribution >= 4 is 11.9 Å². The molecule has 4 aliphatic heterocycles. The molecule has 10 nitrogen and oxygen atoms in total. The Morgan fingerprint density at radius 1 is 1.05 bits per heavy atom. The van der Waals surface area contributed by atoms with Gasteiger partial charge >= 0.3 is 5.97 Å². The molecule has 0 aliphatic carbocycles.